The number of carboxylic acids is 1. The lowest BCUT2D eigenvalue weighted by Crippen LogP contribution is -2.44. The number of hydrogen-bond acceptors (Lipinski definition) is 3. The van der Waals surface area contributed by atoms with E-state index in [0.29, 0.717) is 12.0 Å². The van der Waals surface area contributed by atoms with Crippen LogP contribution in [0.1, 0.15) is 33.1 Å². The van der Waals surface area contributed by atoms with Crippen molar-refractivity contribution in [1.82, 2.24) is 4.90 Å². The van der Waals surface area contributed by atoms with E-state index in [0.717, 1.165) is 26.1 Å². The van der Waals surface area contributed by atoms with Crippen LogP contribution in [0.25, 0.3) is 0 Å². The molecule has 17 heavy (non-hydrogen) atoms. The molecule has 0 aromatic rings. The Balaban J connectivity index is 2.45. The lowest BCUT2D eigenvalue weighted by atomic mass is 9.84. The second-order valence-corrected chi connectivity index (χ2v) is 5.28. The van der Waals surface area contributed by atoms with Crippen LogP contribution < -0.4 is 0 Å². The van der Waals surface area contributed by atoms with Crippen molar-refractivity contribution in [3.05, 3.63) is 0 Å². The van der Waals surface area contributed by atoms with Crippen LogP contribution in [0, 0.1) is 11.8 Å². The van der Waals surface area contributed by atoms with Gasteiger partial charge in [0, 0.05) is 26.1 Å². The van der Waals surface area contributed by atoms with Crippen molar-refractivity contribution in [2.75, 3.05) is 26.8 Å². The normalized spacial score (nSPS) is 25.5. The van der Waals surface area contributed by atoms with E-state index in [2.05, 4.69) is 18.7 Å². The second kappa shape index (κ2) is 6.97. The SMILES string of the molecule is COCC(C)N1CCCC(C(C)CC(=O)O)C1. The molecular weight excluding hydrogens is 218 g/mol. The molecule has 0 radical (unpaired) electrons. The van der Waals surface area contributed by atoms with Crippen LogP contribution in [0.2, 0.25) is 0 Å². The van der Waals surface area contributed by atoms with E-state index in [9.17, 15) is 4.79 Å². The smallest absolute Gasteiger partial charge is 0.303 e. The van der Waals surface area contributed by atoms with Gasteiger partial charge in [-0.1, -0.05) is 6.92 Å². The third-order valence-electron chi connectivity index (χ3n) is 3.82. The van der Waals surface area contributed by atoms with E-state index < -0.39 is 5.97 Å². The van der Waals surface area contributed by atoms with Gasteiger partial charge >= 0.3 is 5.97 Å². The molecule has 1 fully saturated rings. The Labute approximate surface area is 104 Å². The van der Waals surface area contributed by atoms with E-state index in [4.69, 9.17) is 9.84 Å². The molecule has 0 bridgehead atoms. The highest BCUT2D eigenvalue weighted by molar-refractivity contribution is 5.66. The molecule has 0 aromatic heterocycles. The molecule has 1 rings (SSSR count). The Bertz CT molecular complexity index is 245. The summed E-state index contributed by atoms with van der Waals surface area (Å²) >= 11 is 0. The molecule has 4 nitrogen and oxygen atoms in total. The summed E-state index contributed by atoms with van der Waals surface area (Å²) in [4.78, 5) is 13.2. The molecule has 1 heterocycles. The number of ether oxygens (including phenoxy) is 1. The van der Waals surface area contributed by atoms with Crippen LogP contribution in [-0.2, 0) is 9.53 Å². The number of hydrogen-bond donors (Lipinski definition) is 1. The predicted molar refractivity (Wildman–Crippen MR) is 67.1 cm³/mol. The number of piperidine rings is 1. The number of likely N-dealkylation sites (tertiary alicyclic amines) is 1. The van der Waals surface area contributed by atoms with Gasteiger partial charge in [0.2, 0.25) is 0 Å². The highest BCUT2D eigenvalue weighted by Crippen LogP contribution is 2.27. The maximum atomic E-state index is 10.7. The maximum Gasteiger partial charge on any atom is 0.303 e. The lowest BCUT2D eigenvalue weighted by molar-refractivity contribution is -0.138. The van der Waals surface area contributed by atoms with Crippen molar-refractivity contribution in [2.24, 2.45) is 11.8 Å². The first kappa shape index (κ1) is 14.5. The van der Waals surface area contributed by atoms with Crippen LogP contribution in [0.15, 0.2) is 0 Å². The van der Waals surface area contributed by atoms with Crippen LogP contribution >= 0.6 is 0 Å². The zero-order chi connectivity index (χ0) is 12.8. The first-order valence-electron chi connectivity index (χ1n) is 6.49. The Hall–Kier alpha value is -0.610. The quantitative estimate of drug-likeness (QED) is 0.773. The summed E-state index contributed by atoms with van der Waals surface area (Å²) in [5.41, 5.74) is 0. The summed E-state index contributed by atoms with van der Waals surface area (Å²) in [5.74, 6) is 0.101. The molecule has 0 amide bonds. The Morgan fingerprint density at radius 2 is 2.24 bits per heavy atom. The highest BCUT2D eigenvalue weighted by atomic mass is 16.5. The maximum absolute atomic E-state index is 10.7. The molecule has 1 saturated heterocycles. The summed E-state index contributed by atoms with van der Waals surface area (Å²) < 4.78 is 5.18. The number of carboxylic acid groups (broad SMARTS) is 1. The summed E-state index contributed by atoms with van der Waals surface area (Å²) in [6.07, 6.45) is 2.62. The number of rotatable bonds is 6. The topological polar surface area (TPSA) is 49.8 Å². The molecule has 3 unspecified atom stereocenters. The van der Waals surface area contributed by atoms with Crippen LogP contribution in [0.5, 0.6) is 0 Å². The standard InChI is InChI=1S/C13H25NO3/c1-10(7-13(15)16)12-5-4-6-14(8-12)11(2)9-17-3/h10-12H,4-9H2,1-3H3,(H,15,16). The summed E-state index contributed by atoms with van der Waals surface area (Å²) in [6, 6.07) is 0.430. The van der Waals surface area contributed by atoms with Gasteiger partial charge in [-0.25, -0.2) is 0 Å². The fourth-order valence-corrected chi connectivity index (χ4v) is 2.69. The summed E-state index contributed by atoms with van der Waals surface area (Å²) in [7, 11) is 1.73. The largest absolute Gasteiger partial charge is 0.481 e. The van der Waals surface area contributed by atoms with Crippen molar-refractivity contribution in [1.29, 1.82) is 0 Å². The Kier molecular flexibility index (Phi) is 5.92. The van der Waals surface area contributed by atoms with Gasteiger partial charge in [-0.05, 0) is 38.1 Å². The molecule has 1 N–H and O–H groups in total. The van der Waals surface area contributed by atoms with Crippen molar-refractivity contribution >= 4 is 5.97 Å². The van der Waals surface area contributed by atoms with Gasteiger partial charge in [0.1, 0.15) is 0 Å². The number of carbonyl (C=O) groups is 1. The minimum atomic E-state index is -0.681. The Morgan fingerprint density at radius 1 is 1.53 bits per heavy atom. The van der Waals surface area contributed by atoms with Gasteiger partial charge in [0.15, 0.2) is 0 Å². The second-order valence-electron chi connectivity index (χ2n) is 5.28. The van der Waals surface area contributed by atoms with E-state index in [1.165, 1.54) is 6.42 Å². The average Bonchev–Trinajstić information content (AvgIpc) is 2.28. The van der Waals surface area contributed by atoms with E-state index >= 15 is 0 Å². The molecule has 0 aliphatic carbocycles. The zero-order valence-electron chi connectivity index (χ0n) is 11.2. The fourth-order valence-electron chi connectivity index (χ4n) is 2.69. The number of nitrogens with zero attached hydrogens (tertiary/aromatic N) is 1. The molecule has 0 saturated carbocycles. The number of aliphatic carboxylic acids is 1. The molecule has 0 aromatic carbocycles. The third kappa shape index (κ3) is 4.64. The first-order chi connectivity index (χ1) is 8.04. The van der Waals surface area contributed by atoms with Gasteiger partial charge in [-0.3, -0.25) is 9.69 Å². The molecule has 1 aliphatic heterocycles. The summed E-state index contributed by atoms with van der Waals surface area (Å²) in [5, 5.41) is 8.84. The minimum Gasteiger partial charge on any atom is -0.481 e. The van der Waals surface area contributed by atoms with Gasteiger partial charge < -0.3 is 9.84 Å². The minimum absolute atomic E-state index is 0.269. The van der Waals surface area contributed by atoms with E-state index in [1.807, 2.05) is 0 Å². The highest BCUT2D eigenvalue weighted by Gasteiger charge is 2.27. The predicted octanol–water partition coefficient (Wildman–Crippen LogP) is 1.84. The lowest BCUT2D eigenvalue weighted by Gasteiger charge is -2.38. The monoisotopic (exact) mass is 243 g/mol. The Morgan fingerprint density at radius 3 is 2.82 bits per heavy atom. The van der Waals surface area contributed by atoms with Crippen molar-refractivity contribution < 1.29 is 14.6 Å². The molecule has 100 valence electrons. The third-order valence-corrected chi connectivity index (χ3v) is 3.82. The molecule has 0 spiro atoms. The van der Waals surface area contributed by atoms with E-state index in [1.54, 1.807) is 7.11 Å². The van der Waals surface area contributed by atoms with Crippen molar-refractivity contribution in [3.8, 4) is 0 Å². The van der Waals surface area contributed by atoms with Gasteiger partial charge in [0.25, 0.3) is 0 Å². The van der Waals surface area contributed by atoms with Crippen molar-refractivity contribution in [2.45, 2.75) is 39.2 Å². The van der Waals surface area contributed by atoms with Gasteiger partial charge in [-0.2, -0.15) is 0 Å². The molecule has 3 atom stereocenters. The zero-order valence-corrected chi connectivity index (χ0v) is 11.2. The molecular formula is C13H25NO3. The van der Waals surface area contributed by atoms with Gasteiger partial charge in [-0.15, -0.1) is 0 Å². The van der Waals surface area contributed by atoms with Gasteiger partial charge in [0.05, 0.1) is 6.61 Å². The number of methoxy groups -OCH3 is 1. The molecule has 1 aliphatic rings. The van der Waals surface area contributed by atoms with Crippen LogP contribution in [0.4, 0.5) is 0 Å². The van der Waals surface area contributed by atoms with E-state index in [-0.39, 0.29) is 12.3 Å². The average molecular weight is 243 g/mol. The first-order valence-corrected chi connectivity index (χ1v) is 6.49. The fraction of sp³-hybridized carbons (Fsp3) is 0.923. The van der Waals surface area contributed by atoms with Crippen LogP contribution in [-0.4, -0.2) is 48.8 Å². The molecule has 4 heteroatoms. The van der Waals surface area contributed by atoms with Crippen LogP contribution in [0.3, 0.4) is 0 Å². The summed E-state index contributed by atoms with van der Waals surface area (Å²) in [6.45, 7) is 7.11. The van der Waals surface area contributed by atoms with Crippen molar-refractivity contribution in [3.63, 3.8) is 0 Å².